The summed E-state index contributed by atoms with van der Waals surface area (Å²) in [5.41, 5.74) is 0.758. The Morgan fingerprint density at radius 2 is 1.80 bits per heavy atom. The molecule has 0 unspecified atom stereocenters. The minimum atomic E-state index is -1.06. The Morgan fingerprint density at radius 3 is 2.30 bits per heavy atom. The van der Waals surface area contributed by atoms with Gasteiger partial charge < -0.3 is 5.11 Å². The van der Waals surface area contributed by atoms with Crippen LogP contribution >= 0.6 is 0 Å². The van der Waals surface area contributed by atoms with Crippen LogP contribution in [0.25, 0.3) is 0 Å². The molecule has 1 aromatic carbocycles. The fraction of sp³-hybridized carbons (Fsp3) is 0.562. The molecule has 20 heavy (non-hydrogen) atoms. The van der Waals surface area contributed by atoms with Crippen LogP contribution in [0.3, 0.4) is 0 Å². The molecule has 4 heteroatoms. The van der Waals surface area contributed by atoms with E-state index < -0.39 is 11.8 Å². The number of hydrogen-bond acceptors (Lipinski definition) is 2. The Labute approximate surface area is 120 Å². The maximum absolute atomic E-state index is 13.2. The monoisotopic (exact) mass is 281 g/mol. The van der Waals surface area contributed by atoms with Gasteiger partial charge in [0.25, 0.3) is 0 Å². The number of unbranched alkanes of at least 4 members (excludes halogenated alkanes) is 2. The Hall–Kier alpha value is -1.42. The summed E-state index contributed by atoms with van der Waals surface area (Å²) in [6.07, 6.45) is 4.40. The van der Waals surface area contributed by atoms with Gasteiger partial charge in [0, 0.05) is 6.54 Å². The molecule has 1 rings (SSSR count). The minimum Gasteiger partial charge on any atom is -0.478 e. The summed E-state index contributed by atoms with van der Waals surface area (Å²) in [7, 11) is 0. The van der Waals surface area contributed by atoms with Crippen molar-refractivity contribution in [2.45, 2.75) is 46.1 Å². The normalized spacial score (nSPS) is 11.0. The molecule has 0 aliphatic rings. The Balaban J connectivity index is 2.83. The standard InChI is InChI=1S/C16H24FNO2/c1-3-5-9-18(10-6-4-2)12-13-7-8-14(17)11-15(13)16(19)20/h7-8,11H,3-6,9-10,12H2,1-2H3,(H,19,20). The van der Waals surface area contributed by atoms with Crippen molar-refractivity contribution in [1.82, 2.24) is 4.90 Å². The van der Waals surface area contributed by atoms with Crippen LogP contribution in [0.5, 0.6) is 0 Å². The lowest BCUT2D eigenvalue weighted by molar-refractivity contribution is 0.0693. The lowest BCUT2D eigenvalue weighted by Crippen LogP contribution is -2.26. The lowest BCUT2D eigenvalue weighted by atomic mass is 10.1. The van der Waals surface area contributed by atoms with Gasteiger partial charge in [-0.2, -0.15) is 0 Å². The zero-order chi connectivity index (χ0) is 15.0. The smallest absolute Gasteiger partial charge is 0.336 e. The summed E-state index contributed by atoms with van der Waals surface area (Å²) < 4.78 is 13.2. The molecule has 0 aliphatic carbocycles. The van der Waals surface area contributed by atoms with E-state index in [0.29, 0.717) is 12.1 Å². The highest BCUT2D eigenvalue weighted by molar-refractivity contribution is 5.89. The van der Waals surface area contributed by atoms with E-state index in [0.717, 1.165) is 44.8 Å². The molecular weight excluding hydrogens is 257 g/mol. The summed E-state index contributed by atoms with van der Waals surface area (Å²) in [5.74, 6) is -1.56. The van der Waals surface area contributed by atoms with Gasteiger partial charge in [0.2, 0.25) is 0 Å². The topological polar surface area (TPSA) is 40.5 Å². The summed E-state index contributed by atoms with van der Waals surface area (Å²) in [4.78, 5) is 13.5. The number of halogens is 1. The fourth-order valence-corrected chi connectivity index (χ4v) is 2.16. The molecule has 0 amide bonds. The van der Waals surface area contributed by atoms with Gasteiger partial charge in [0.15, 0.2) is 0 Å². The van der Waals surface area contributed by atoms with Crippen molar-refractivity contribution in [3.63, 3.8) is 0 Å². The van der Waals surface area contributed by atoms with Crippen molar-refractivity contribution in [2.75, 3.05) is 13.1 Å². The number of benzene rings is 1. The van der Waals surface area contributed by atoms with E-state index in [-0.39, 0.29) is 5.56 Å². The van der Waals surface area contributed by atoms with Crippen molar-refractivity contribution >= 4 is 5.97 Å². The second-order valence-corrected chi connectivity index (χ2v) is 5.09. The van der Waals surface area contributed by atoms with Gasteiger partial charge in [0.1, 0.15) is 5.82 Å². The highest BCUT2D eigenvalue weighted by Gasteiger charge is 2.14. The van der Waals surface area contributed by atoms with Crippen molar-refractivity contribution in [1.29, 1.82) is 0 Å². The average molecular weight is 281 g/mol. The second kappa shape index (κ2) is 8.69. The lowest BCUT2D eigenvalue weighted by Gasteiger charge is -2.22. The van der Waals surface area contributed by atoms with Crippen LogP contribution in [0.4, 0.5) is 4.39 Å². The van der Waals surface area contributed by atoms with Gasteiger partial charge >= 0.3 is 5.97 Å². The largest absolute Gasteiger partial charge is 0.478 e. The first-order valence-electron chi connectivity index (χ1n) is 7.32. The number of aromatic carboxylic acids is 1. The SMILES string of the molecule is CCCCN(CCCC)Cc1ccc(F)cc1C(=O)O. The third-order valence-electron chi connectivity index (χ3n) is 3.35. The highest BCUT2D eigenvalue weighted by Crippen LogP contribution is 2.15. The molecule has 112 valence electrons. The molecule has 0 bridgehead atoms. The van der Waals surface area contributed by atoms with Crippen molar-refractivity contribution in [3.8, 4) is 0 Å². The molecule has 3 nitrogen and oxygen atoms in total. The third kappa shape index (κ3) is 5.29. The van der Waals surface area contributed by atoms with Crippen LogP contribution in [0.2, 0.25) is 0 Å². The van der Waals surface area contributed by atoms with Gasteiger partial charge in [0.05, 0.1) is 5.56 Å². The number of hydrogen-bond donors (Lipinski definition) is 1. The maximum atomic E-state index is 13.2. The highest BCUT2D eigenvalue weighted by atomic mass is 19.1. The molecule has 1 aromatic rings. The van der Waals surface area contributed by atoms with E-state index in [9.17, 15) is 9.18 Å². The van der Waals surface area contributed by atoms with Gasteiger partial charge in [-0.1, -0.05) is 32.8 Å². The van der Waals surface area contributed by atoms with Crippen molar-refractivity contribution in [2.24, 2.45) is 0 Å². The van der Waals surface area contributed by atoms with Crippen LogP contribution in [-0.2, 0) is 6.54 Å². The van der Waals surface area contributed by atoms with Gasteiger partial charge in [-0.05, 0) is 43.6 Å². The van der Waals surface area contributed by atoms with Crippen LogP contribution in [0.15, 0.2) is 18.2 Å². The fourth-order valence-electron chi connectivity index (χ4n) is 2.16. The molecular formula is C16H24FNO2. The molecule has 0 aromatic heterocycles. The van der Waals surface area contributed by atoms with Crippen LogP contribution in [0, 0.1) is 5.82 Å². The molecule has 0 saturated heterocycles. The van der Waals surface area contributed by atoms with E-state index in [1.54, 1.807) is 6.07 Å². The average Bonchev–Trinajstić information content (AvgIpc) is 2.43. The summed E-state index contributed by atoms with van der Waals surface area (Å²) in [6, 6.07) is 4.03. The van der Waals surface area contributed by atoms with Gasteiger partial charge in [-0.3, -0.25) is 4.90 Å². The Kier molecular flexibility index (Phi) is 7.23. The molecule has 1 N–H and O–H groups in total. The quantitative estimate of drug-likeness (QED) is 0.745. The van der Waals surface area contributed by atoms with Crippen molar-refractivity contribution in [3.05, 3.63) is 35.1 Å². The number of nitrogens with zero attached hydrogens (tertiary/aromatic N) is 1. The van der Waals surface area contributed by atoms with E-state index >= 15 is 0 Å². The molecule has 0 heterocycles. The van der Waals surface area contributed by atoms with E-state index in [1.807, 2.05) is 0 Å². The summed E-state index contributed by atoms with van der Waals surface area (Å²) in [5, 5.41) is 9.17. The third-order valence-corrected chi connectivity index (χ3v) is 3.35. The first kappa shape index (κ1) is 16.6. The zero-order valence-electron chi connectivity index (χ0n) is 12.4. The first-order valence-corrected chi connectivity index (χ1v) is 7.32. The Bertz CT molecular complexity index is 426. The molecule has 0 aliphatic heterocycles. The molecule has 0 atom stereocenters. The zero-order valence-corrected chi connectivity index (χ0v) is 12.4. The Morgan fingerprint density at radius 1 is 1.20 bits per heavy atom. The molecule has 0 radical (unpaired) electrons. The van der Waals surface area contributed by atoms with E-state index in [4.69, 9.17) is 5.11 Å². The predicted octanol–water partition coefficient (Wildman–Crippen LogP) is 3.93. The summed E-state index contributed by atoms with van der Waals surface area (Å²) >= 11 is 0. The van der Waals surface area contributed by atoms with Gasteiger partial charge in [-0.15, -0.1) is 0 Å². The second-order valence-electron chi connectivity index (χ2n) is 5.09. The summed E-state index contributed by atoms with van der Waals surface area (Å²) in [6.45, 7) is 6.75. The predicted molar refractivity (Wildman–Crippen MR) is 78.5 cm³/mol. The van der Waals surface area contributed by atoms with Crippen LogP contribution < -0.4 is 0 Å². The number of rotatable bonds is 9. The van der Waals surface area contributed by atoms with Crippen LogP contribution in [-0.4, -0.2) is 29.1 Å². The first-order chi connectivity index (χ1) is 9.58. The molecule has 0 spiro atoms. The van der Waals surface area contributed by atoms with Crippen LogP contribution in [0.1, 0.15) is 55.5 Å². The number of carboxylic acids is 1. The van der Waals surface area contributed by atoms with Gasteiger partial charge in [-0.25, -0.2) is 9.18 Å². The minimum absolute atomic E-state index is 0.0722. The molecule has 0 saturated carbocycles. The molecule has 0 fully saturated rings. The van der Waals surface area contributed by atoms with E-state index in [1.165, 1.54) is 6.07 Å². The number of carbonyl (C=O) groups is 1. The number of carboxylic acid groups (broad SMARTS) is 1. The van der Waals surface area contributed by atoms with Crippen molar-refractivity contribution < 1.29 is 14.3 Å². The van der Waals surface area contributed by atoms with E-state index in [2.05, 4.69) is 18.7 Å². The maximum Gasteiger partial charge on any atom is 0.336 e.